The van der Waals surface area contributed by atoms with Crippen molar-refractivity contribution in [3.8, 4) is 0 Å². The Kier molecular flexibility index (Phi) is 4.76. The van der Waals surface area contributed by atoms with E-state index in [1.165, 1.54) is 3.58 Å². The molecule has 0 amide bonds. The van der Waals surface area contributed by atoms with E-state index in [1.807, 2.05) is 37.3 Å². The van der Waals surface area contributed by atoms with E-state index in [1.54, 1.807) is 6.20 Å². The van der Waals surface area contributed by atoms with Crippen LogP contribution in [0.25, 0.3) is 21.3 Å². The second kappa shape index (κ2) is 6.54. The van der Waals surface area contributed by atoms with Crippen LogP contribution in [0.1, 0.15) is 24.9 Å². The Bertz CT molecular complexity index is 655. The molecule has 0 bridgehead atoms. The van der Waals surface area contributed by atoms with Gasteiger partial charge in [0.15, 0.2) is 0 Å². The van der Waals surface area contributed by atoms with Gasteiger partial charge in [0.05, 0.1) is 11.6 Å². The van der Waals surface area contributed by atoms with Gasteiger partial charge in [-0.3, -0.25) is 4.98 Å². The number of allylic oxidation sites excluding steroid dienone is 1. The zero-order valence-electron chi connectivity index (χ0n) is 10.5. The number of pyridine rings is 1. The van der Waals surface area contributed by atoms with E-state index in [0.29, 0.717) is 6.42 Å². The fraction of sp³-hybridized carbons (Fsp3) is 0.214. The van der Waals surface area contributed by atoms with E-state index in [-0.39, 0.29) is 6.04 Å². The molecule has 4 nitrogen and oxygen atoms in total. The van der Waals surface area contributed by atoms with Crippen molar-refractivity contribution in [2.75, 3.05) is 0 Å². The van der Waals surface area contributed by atoms with Gasteiger partial charge in [-0.05, 0) is 62.7 Å². The summed E-state index contributed by atoms with van der Waals surface area (Å²) in [4.78, 5) is 7.27. The molecule has 1 aromatic carbocycles. The third-order valence-electron chi connectivity index (χ3n) is 2.83. The molecule has 0 aliphatic rings. The van der Waals surface area contributed by atoms with Crippen LogP contribution in [0.2, 0.25) is 0 Å². The van der Waals surface area contributed by atoms with Gasteiger partial charge in [0.1, 0.15) is 0 Å². The van der Waals surface area contributed by atoms with Crippen molar-refractivity contribution in [2.24, 2.45) is 5.11 Å². The minimum absolute atomic E-state index is 0.180. The number of rotatable bonds is 4. The highest BCUT2D eigenvalue weighted by molar-refractivity contribution is 14.1. The molecule has 1 aromatic heterocycles. The van der Waals surface area contributed by atoms with Crippen LogP contribution in [-0.2, 0) is 0 Å². The lowest BCUT2D eigenvalue weighted by Crippen LogP contribution is -1.94. The van der Waals surface area contributed by atoms with Crippen LogP contribution in [-0.4, -0.2) is 4.98 Å². The highest BCUT2D eigenvalue weighted by atomic mass is 127. The third-order valence-corrected chi connectivity index (χ3v) is 3.27. The highest BCUT2D eigenvalue weighted by Crippen LogP contribution is 2.26. The van der Waals surface area contributed by atoms with E-state index >= 15 is 0 Å². The molecule has 1 heterocycles. The SMILES string of the molecule is C/C(I)=C/CC(N=[N+]=[N-])c1ccc2cccnc2c1. The fourth-order valence-corrected chi connectivity index (χ4v) is 2.13. The number of nitrogens with zero attached hydrogens (tertiary/aromatic N) is 4. The average Bonchev–Trinajstić information content (AvgIpc) is 2.42. The molecule has 0 saturated heterocycles. The molecule has 2 aromatic rings. The van der Waals surface area contributed by atoms with Gasteiger partial charge in [-0.25, -0.2) is 0 Å². The number of aromatic nitrogens is 1. The monoisotopic (exact) mass is 364 g/mol. The highest BCUT2D eigenvalue weighted by Gasteiger charge is 2.09. The summed E-state index contributed by atoms with van der Waals surface area (Å²) in [6.45, 7) is 2.02. The standard InChI is InChI=1S/C14H13IN4/c1-10(15)4-7-13(18-19-16)12-6-5-11-3-2-8-17-14(11)9-12/h2-6,8-9,13H,7H2,1H3/b10-4-. The van der Waals surface area contributed by atoms with Crippen molar-refractivity contribution < 1.29 is 0 Å². The fourth-order valence-electron chi connectivity index (χ4n) is 1.88. The zero-order chi connectivity index (χ0) is 13.7. The molecule has 0 radical (unpaired) electrons. The Morgan fingerprint density at radius 3 is 3.11 bits per heavy atom. The van der Waals surface area contributed by atoms with Crippen molar-refractivity contribution in [1.29, 1.82) is 0 Å². The first-order valence-corrected chi connectivity index (χ1v) is 6.99. The predicted molar refractivity (Wildman–Crippen MR) is 86.0 cm³/mol. The Balaban J connectivity index is 2.38. The van der Waals surface area contributed by atoms with Crippen LogP contribution in [0, 0.1) is 0 Å². The van der Waals surface area contributed by atoms with Crippen molar-refractivity contribution in [3.63, 3.8) is 0 Å². The summed E-state index contributed by atoms with van der Waals surface area (Å²) in [5.74, 6) is 0. The number of hydrogen-bond acceptors (Lipinski definition) is 2. The summed E-state index contributed by atoms with van der Waals surface area (Å²) < 4.78 is 1.19. The lowest BCUT2D eigenvalue weighted by atomic mass is 10.0. The number of hydrogen-bond donors (Lipinski definition) is 0. The molecule has 96 valence electrons. The summed E-state index contributed by atoms with van der Waals surface area (Å²) in [7, 11) is 0. The van der Waals surface area contributed by atoms with E-state index in [9.17, 15) is 0 Å². The zero-order valence-corrected chi connectivity index (χ0v) is 12.7. The molecule has 0 fully saturated rings. The van der Waals surface area contributed by atoms with Crippen molar-refractivity contribution in [1.82, 2.24) is 4.98 Å². The summed E-state index contributed by atoms with van der Waals surface area (Å²) in [5.41, 5.74) is 10.6. The van der Waals surface area contributed by atoms with Crippen molar-refractivity contribution >= 4 is 33.5 Å². The molecule has 0 aliphatic carbocycles. The Hall–Kier alpha value is -1.59. The van der Waals surface area contributed by atoms with Crippen LogP contribution in [0.15, 0.2) is 51.3 Å². The normalized spacial score (nSPS) is 13.1. The lowest BCUT2D eigenvalue weighted by Gasteiger charge is -2.10. The molecular formula is C14H13IN4. The molecule has 0 aliphatic heterocycles. The molecule has 19 heavy (non-hydrogen) atoms. The number of halogens is 1. The van der Waals surface area contributed by atoms with Gasteiger partial charge < -0.3 is 0 Å². The molecule has 1 atom stereocenters. The first-order valence-electron chi connectivity index (χ1n) is 5.92. The maximum atomic E-state index is 8.70. The van der Waals surface area contributed by atoms with Crippen LogP contribution in [0.3, 0.4) is 0 Å². The number of benzene rings is 1. The van der Waals surface area contributed by atoms with Crippen LogP contribution >= 0.6 is 22.6 Å². The van der Waals surface area contributed by atoms with Crippen LogP contribution < -0.4 is 0 Å². The van der Waals surface area contributed by atoms with Crippen LogP contribution in [0.4, 0.5) is 0 Å². The quantitative estimate of drug-likeness (QED) is 0.314. The smallest absolute Gasteiger partial charge is 0.0704 e. The van der Waals surface area contributed by atoms with Gasteiger partial charge in [-0.1, -0.05) is 29.4 Å². The molecule has 0 saturated carbocycles. The molecule has 2 rings (SSSR count). The van der Waals surface area contributed by atoms with Gasteiger partial charge in [0.2, 0.25) is 0 Å². The average molecular weight is 364 g/mol. The van der Waals surface area contributed by atoms with E-state index in [4.69, 9.17) is 5.53 Å². The van der Waals surface area contributed by atoms with Gasteiger partial charge in [-0.15, -0.1) is 0 Å². The van der Waals surface area contributed by atoms with Crippen molar-refractivity contribution in [3.05, 3.63) is 62.2 Å². The first kappa shape index (κ1) is 13.8. The Morgan fingerprint density at radius 1 is 1.53 bits per heavy atom. The molecule has 1 unspecified atom stereocenters. The third kappa shape index (κ3) is 3.68. The summed E-state index contributed by atoms with van der Waals surface area (Å²) in [6, 6.07) is 9.75. The number of azide groups is 1. The van der Waals surface area contributed by atoms with Crippen molar-refractivity contribution in [2.45, 2.75) is 19.4 Å². The van der Waals surface area contributed by atoms with Gasteiger partial charge in [0, 0.05) is 16.5 Å². The summed E-state index contributed by atoms with van der Waals surface area (Å²) in [6.07, 6.45) is 4.54. The van der Waals surface area contributed by atoms with E-state index in [2.05, 4.69) is 43.7 Å². The minimum Gasteiger partial charge on any atom is -0.256 e. The second-order valence-corrected chi connectivity index (χ2v) is 5.90. The lowest BCUT2D eigenvalue weighted by molar-refractivity contribution is 0.733. The number of fused-ring (bicyclic) bond motifs is 1. The topological polar surface area (TPSA) is 61.7 Å². The molecule has 5 heteroatoms. The Morgan fingerprint density at radius 2 is 2.37 bits per heavy atom. The predicted octanol–water partition coefficient (Wildman–Crippen LogP) is 5.32. The van der Waals surface area contributed by atoms with Crippen LogP contribution in [0.5, 0.6) is 0 Å². The molecule has 0 N–H and O–H groups in total. The molecule has 0 spiro atoms. The van der Waals surface area contributed by atoms with Gasteiger partial charge in [-0.2, -0.15) is 0 Å². The van der Waals surface area contributed by atoms with E-state index in [0.717, 1.165) is 16.5 Å². The van der Waals surface area contributed by atoms with E-state index < -0.39 is 0 Å². The first-order chi connectivity index (χ1) is 9.20. The Labute approximate surface area is 125 Å². The second-order valence-electron chi connectivity index (χ2n) is 4.20. The molecular weight excluding hydrogens is 351 g/mol. The summed E-state index contributed by atoms with van der Waals surface area (Å²) in [5, 5.41) is 4.97. The minimum atomic E-state index is -0.180. The van der Waals surface area contributed by atoms with Gasteiger partial charge >= 0.3 is 0 Å². The summed E-state index contributed by atoms with van der Waals surface area (Å²) >= 11 is 2.25. The maximum absolute atomic E-state index is 8.70. The van der Waals surface area contributed by atoms with Gasteiger partial charge in [0.25, 0.3) is 0 Å². The largest absolute Gasteiger partial charge is 0.256 e. The maximum Gasteiger partial charge on any atom is 0.0704 e.